The van der Waals surface area contributed by atoms with Crippen LogP contribution in [0, 0.1) is 52.3 Å². The van der Waals surface area contributed by atoms with Crippen molar-refractivity contribution < 1.29 is 19.4 Å². The van der Waals surface area contributed by atoms with Gasteiger partial charge in [-0.05, 0) is 97.7 Å². The van der Waals surface area contributed by atoms with Gasteiger partial charge in [0, 0.05) is 19.3 Å². The molecule has 0 saturated heterocycles. The smallest absolute Gasteiger partial charge is 0.305 e. The number of rotatable bonds is 6. The number of ketones is 1. The largest absolute Gasteiger partial charge is 0.466 e. The van der Waals surface area contributed by atoms with Crippen molar-refractivity contribution in [3.8, 4) is 0 Å². The van der Waals surface area contributed by atoms with E-state index >= 15 is 0 Å². The SMILES string of the molecule is CCOC(=O)CC[C@@H](C)[C@H]1CC[C@H]2[C@@H]3[C@@H](O)[C@H](CC)C4CC(=O)CC[C@]4(C)[C@H]3CC[C@]12C. The maximum atomic E-state index is 12.4. The highest BCUT2D eigenvalue weighted by atomic mass is 16.5. The molecule has 4 heteroatoms. The Balaban J connectivity index is 1.56. The fourth-order valence-electron chi connectivity index (χ4n) is 9.52. The molecule has 0 aromatic carbocycles. The highest BCUT2D eigenvalue weighted by molar-refractivity contribution is 5.79. The number of esters is 1. The monoisotopic (exact) mass is 446 g/mol. The lowest BCUT2D eigenvalue weighted by atomic mass is 9.41. The second kappa shape index (κ2) is 9.04. The van der Waals surface area contributed by atoms with Crippen molar-refractivity contribution in [2.45, 2.75) is 105 Å². The molecule has 0 radical (unpaired) electrons. The van der Waals surface area contributed by atoms with Gasteiger partial charge >= 0.3 is 5.97 Å². The molecule has 0 aromatic rings. The zero-order valence-electron chi connectivity index (χ0n) is 21.1. The molecule has 0 spiro atoms. The van der Waals surface area contributed by atoms with Crippen LogP contribution in [-0.4, -0.2) is 29.6 Å². The van der Waals surface area contributed by atoms with Gasteiger partial charge in [-0.1, -0.05) is 34.1 Å². The van der Waals surface area contributed by atoms with Crippen LogP contribution in [0.4, 0.5) is 0 Å². The van der Waals surface area contributed by atoms with Crippen molar-refractivity contribution >= 4 is 11.8 Å². The summed E-state index contributed by atoms with van der Waals surface area (Å²) >= 11 is 0. The van der Waals surface area contributed by atoms with E-state index in [0.717, 1.165) is 25.7 Å². The molecule has 4 rings (SSSR count). The summed E-state index contributed by atoms with van der Waals surface area (Å²) in [5.41, 5.74) is 0.454. The van der Waals surface area contributed by atoms with Crippen LogP contribution >= 0.6 is 0 Å². The normalized spacial score (nSPS) is 46.7. The first-order valence-corrected chi connectivity index (χ1v) is 13.5. The van der Waals surface area contributed by atoms with Crippen molar-refractivity contribution in [2.24, 2.45) is 52.3 Å². The third kappa shape index (κ3) is 3.77. The molecule has 4 nitrogen and oxygen atoms in total. The minimum absolute atomic E-state index is 0.0675. The van der Waals surface area contributed by atoms with E-state index < -0.39 is 0 Å². The number of hydrogen-bond acceptors (Lipinski definition) is 4. The van der Waals surface area contributed by atoms with E-state index in [1.807, 2.05) is 6.92 Å². The van der Waals surface area contributed by atoms with Crippen molar-refractivity contribution in [2.75, 3.05) is 6.61 Å². The predicted octanol–water partition coefficient (Wildman–Crippen LogP) is 5.80. The fraction of sp³-hybridized carbons (Fsp3) is 0.929. The van der Waals surface area contributed by atoms with E-state index in [-0.39, 0.29) is 28.8 Å². The van der Waals surface area contributed by atoms with Crippen molar-refractivity contribution in [1.82, 2.24) is 0 Å². The lowest BCUT2D eigenvalue weighted by Gasteiger charge is -2.64. The van der Waals surface area contributed by atoms with Gasteiger partial charge in [-0.15, -0.1) is 0 Å². The molecule has 0 amide bonds. The van der Waals surface area contributed by atoms with Gasteiger partial charge in [0.05, 0.1) is 12.7 Å². The molecular weight excluding hydrogens is 400 g/mol. The van der Waals surface area contributed by atoms with Gasteiger partial charge in [-0.25, -0.2) is 0 Å². The summed E-state index contributed by atoms with van der Waals surface area (Å²) in [5, 5.41) is 11.8. The zero-order valence-corrected chi connectivity index (χ0v) is 21.1. The standard InChI is InChI=1S/C28H46O4/c1-6-19-23-16-18(29)12-14-28(23,5)22-13-15-27(4)20(9-10-21(27)25(22)26(19)31)17(3)8-11-24(30)32-7-2/h17,19-23,25-26,31H,6-16H2,1-5H3/t17-,19-,20-,21+,22+,23?,25+,26+,27-,28-/m1/s1. The quantitative estimate of drug-likeness (QED) is 0.524. The highest BCUT2D eigenvalue weighted by Gasteiger charge is 2.64. The molecule has 4 aliphatic carbocycles. The Labute approximate surface area is 195 Å². The summed E-state index contributed by atoms with van der Waals surface area (Å²) in [6.45, 7) is 11.8. The fourth-order valence-corrected chi connectivity index (χ4v) is 9.52. The average molecular weight is 447 g/mol. The highest BCUT2D eigenvalue weighted by Crippen LogP contribution is 2.69. The van der Waals surface area contributed by atoms with Gasteiger partial charge in [0.25, 0.3) is 0 Å². The van der Waals surface area contributed by atoms with Crippen LogP contribution < -0.4 is 0 Å². The number of carbonyl (C=O) groups excluding carboxylic acids is 2. The first kappa shape index (κ1) is 24.2. The molecular formula is C28H46O4. The predicted molar refractivity (Wildman–Crippen MR) is 126 cm³/mol. The molecule has 10 atom stereocenters. The molecule has 1 unspecified atom stereocenters. The summed E-state index contributed by atoms with van der Waals surface area (Å²) < 4.78 is 5.17. The van der Waals surface area contributed by atoms with E-state index in [1.54, 1.807) is 0 Å². The lowest BCUT2D eigenvalue weighted by Crippen LogP contribution is -2.61. The van der Waals surface area contributed by atoms with Gasteiger partial charge in [0.15, 0.2) is 0 Å². The van der Waals surface area contributed by atoms with Gasteiger partial charge in [0.2, 0.25) is 0 Å². The summed E-state index contributed by atoms with van der Waals surface area (Å²) in [5.74, 6) is 3.56. The van der Waals surface area contributed by atoms with Crippen LogP contribution in [-0.2, 0) is 14.3 Å². The molecule has 0 aliphatic heterocycles. The molecule has 32 heavy (non-hydrogen) atoms. The Morgan fingerprint density at radius 3 is 2.50 bits per heavy atom. The lowest BCUT2D eigenvalue weighted by molar-refractivity contribution is -0.194. The number of aliphatic hydroxyl groups is 1. The molecule has 0 heterocycles. The molecule has 4 saturated carbocycles. The van der Waals surface area contributed by atoms with Gasteiger partial charge in [-0.2, -0.15) is 0 Å². The first-order chi connectivity index (χ1) is 15.2. The minimum atomic E-state index is -0.271. The molecule has 1 N–H and O–H groups in total. The Kier molecular flexibility index (Phi) is 6.85. The van der Waals surface area contributed by atoms with Crippen LogP contribution in [0.1, 0.15) is 98.8 Å². The van der Waals surface area contributed by atoms with E-state index in [0.29, 0.717) is 60.7 Å². The van der Waals surface area contributed by atoms with Crippen LogP contribution in [0.3, 0.4) is 0 Å². The first-order valence-electron chi connectivity index (χ1n) is 13.5. The second-order valence-corrected chi connectivity index (χ2v) is 12.3. The van der Waals surface area contributed by atoms with E-state index in [1.165, 1.54) is 25.7 Å². The number of ether oxygens (including phenoxy) is 1. The van der Waals surface area contributed by atoms with Crippen LogP contribution in [0.5, 0.6) is 0 Å². The molecule has 0 aromatic heterocycles. The number of Topliss-reactive ketones (excluding diaryl/α,β-unsaturated/α-hetero) is 1. The Bertz CT molecular complexity index is 718. The van der Waals surface area contributed by atoms with Crippen LogP contribution in [0.15, 0.2) is 0 Å². The van der Waals surface area contributed by atoms with Crippen molar-refractivity contribution in [1.29, 1.82) is 0 Å². The van der Waals surface area contributed by atoms with E-state index in [4.69, 9.17) is 4.74 Å². The summed E-state index contributed by atoms with van der Waals surface area (Å²) in [7, 11) is 0. The van der Waals surface area contributed by atoms with Gasteiger partial charge in [0.1, 0.15) is 5.78 Å². The van der Waals surface area contributed by atoms with Crippen molar-refractivity contribution in [3.05, 3.63) is 0 Å². The molecule has 4 fully saturated rings. The average Bonchev–Trinajstić information content (AvgIpc) is 3.11. The van der Waals surface area contributed by atoms with E-state index in [2.05, 4.69) is 27.7 Å². The summed E-state index contributed by atoms with van der Waals surface area (Å²) in [4.78, 5) is 24.3. The Morgan fingerprint density at radius 2 is 1.81 bits per heavy atom. The number of aliphatic hydroxyl groups excluding tert-OH is 1. The van der Waals surface area contributed by atoms with Crippen LogP contribution in [0.2, 0.25) is 0 Å². The minimum Gasteiger partial charge on any atom is -0.466 e. The zero-order chi connectivity index (χ0) is 23.3. The Hall–Kier alpha value is -0.900. The molecule has 4 aliphatic rings. The summed E-state index contributed by atoms with van der Waals surface area (Å²) in [6.07, 6.45) is 9.41. The van der Waals surface area contributed by atoms with Gasteiger partial charge < -0.3 is 9.84 Å². The topological polar surface area (TPSA) is 63.6 Å². The maximum absolute atomic E-state index is 12.4. The number of fused-ring (bicyclic) bond motifs is 5. The van der Waals surface area contributed by atoms with Crippen molar-refractivity contribution in [3.63, 3.8) is 0 Å². The van der Waals surface area contributed by atoms with Crippen LogP contribution in [0.25, 0.3) is 0 Å². The third-order valence-electron chi connectivity index (χ3n) is 11.1. The van der Waals surface area contributed by atoms with E-state index in [9.17, 15) is 14.7 Å². The summed E-state index contributed by atoms with van der Waals surface area (Å²) in [6, 6.07) is 0. The second-order valence-electron chi connectivity index (χ2n) is 12.3. The number of hydrogen-bond donors (Lipinski definition) is 1. The third-order valence-corrected chi connectivity index (χ3v) is 11.1. The number of carbonyl (C=O) groups is 2. The molecule has 0 bridgehead atoms. The maximum Gasteiger partial charge on any atom is 0.305 e. The molecule has 182 valence electrons. The Morgan fingerprint density at radius 1 is 1.09 bits per heavy atom. The van der Waals surface area contributed by atoms with Gasteiger partial charge in [-0.3, -0.25) is 9.59 Å².